The molecule has 0 saturated heterocycles. The zero-order valence-corrected chi connectivity index (χ0v) is 19.7. The van der Waals surface area contributed by atoms with E-state index in [9.17, 15) is 19.6 Å². The molecule has 2 aromatic rings. The molecule has 2 heterocycles. The van der Waals surface area contributed by atoms with Crippen molar-refractivity contribution in [2.75, 3.05) is 6.54 Å². The number of amides is 2. The zero-order valence-electron chi connectivity index (χ0n) is 19.7. The highest BCUT2D eigenvalue weighted by molar-refractivity contribution is 6.43. The van der Waals surface area contributed by atoms with Gasteiger partial charge in [0, 0.05) is 18.5 Å². The largest absolute Gasteiger partial charge is 0.475 e. The van der Waals surface area contributed by atoms with Crippen molar-refractivity contribution in [3.8, 4) is 0 Å². The minimum Gasteiger partial charge on any atom is -0.426 e. The molecule has 0 radical (unpaired) electrons. The van der Waals surface area contributed by atoms with Crippen LogP contribution in [0.5, 0.6) is 0 Å². The molecule has 1 aromatic carbocycles. The molecule has 4 N–H and O–H groups in total. The Labute approximate surface area is 199 Å². The maximum absolute atomic E-state index is 13.4. The van der Waals surface area contributed by atoms with Gasteiger partial charge in [0.2, 0.25) is 5.60 Å². The number of pyridine rings is 1. The molecule has 0 fully saturated rings. The third kappa shape index (κ3) is 6.65. The Hall–Kier alpha value is -3.24. The lowest BCUT2D eigenvalue weighted by Gasteiger charge is -2.29. The predicted molar refractivity (Wildman–Crippen MR) is 129 cm³/mol. The van der Waals surface area contributed by atoms with Crippen molar-refractivity contribution >= 4 is 24.6 Å². The molecule has 0 spiro atoms. The first-order valence-corrected chi connectivity index (χ1v) is 11.4. The third-order valence-corrected chi connectivity index (χ3v) is 5.56. The molecule has 2 amide bonds. The summed E-state index contributed by atoms with van der Waals surface area (Å²) >= 11 is 0. The first kappa shape index (κ1) is 25.4. The quantitative estimate of drug-likeness (QED) is 0.392. The van der Waals surface area contributed by atoms with E-state index in [1.165, 1.54) is 0 Å². The lowest BCUT2D eigenvalue weighted by molar-refractivity contribution is -0.144. The second-order valence-corrected chi connectivity index (χ2v) is 9.05. The summed E-state index contributed by atoms with van der Waals surface area (Å²) in [5.41, 5.74) is 1.02. The molecule has 10 heteroatoms. The van der Waals surface area contributed by atoms with Gasteiger partial charge in [-0.3, -0.25) is 9.59 Å². The van der Waals surface area contributed by atoms with Crippen molar-refractivity contribution in [1.82, 2.24) is 15.6 Å². The minimum absolute atomic E-state index is 0.0936. The van der Waals surface area contributed by atoms with Crippen LogP contribution >= 0.6 is 0 Å². The number of carbonyl (C=O) groups is 2. The predicted octanol–water partition coefficient (Wildman–Crippen LogP) is 1.42. The van der Waals surface area contributed by atoms with E-state index in [1.807, 2.05) is 44.2 Å². The number of aromatic nitrogens is 1. The molecular weight excluding hydrogens is 435 g/mol. The van der Waals surface area contributed by atoms with Gasteiger partial charge in [-0.05, 0) is 37.0 Å². The third-order valence-electron chi connectivity index (χ3n) is 5.56. The van der Waals surface area contributed by atoms with Crippen molar-refractivity contribution in [2.45, 2.75) is 51.6 Å². The maximum atomic E-state index is 13.4. The topological polar surface area (TPSA) is 133 Å². The van der Waals surface area contributed by atoms with Gasteiger partial charge in [0.05, 0.1) is 18.2 Å². The van der Waals surface area contributed by atoms with E-state index in [4.69, 9.17) is 4.84 Å². The van der Waals surface area contributed by atoms with Gasteiger partial charge in [-0.25, -0.2) is 4.98 Å². The molecule has 9 nitrogen and oxygen atoms in total. The van der Waals surface area contributed by atoms with Crippen LogP contribution in [0.2, 0.25) is 0 Å². The van der Waals surface area contributed by atoms with Gasteiger partial charge in [0.1, 0.15) is 5.69 Å². The normalized spacial score (nSPS) is 18.1. The van der Waals surface area contributed by atoms with Crippen LogP contribution in [-0.4, -0.2) is 57.8 Å². The number of aryl methyl sites for hydroxylation is 1. The average molecular weight is 466 g/mol. The molecule has 180 valence electrons. The zero-order chi connectivity index (χ0) is 24.7. The number of carbonyl (C=O) groups excluding carboxylic acids is 2. The lowest BCUT2D eigenvalue weighted by Crippen LogP contribution is -2.56. The van der Waals surface area contributed by atoms with Crippen molar-refractivity contribution in [3.05, 3.63) is 65.5 Å². The molecular formula is C24H31BN4O5. The van der Waals surface area contributed by atoms with Crippen molar-refractivity contribution in [3.63, 3.8) is 0 Å². The molecule has 3 rings (SSSR count). The number of oxime groups is 1. The van der Waals surface area contributed by atoms with Gasteiger partial charge in [-0.15, -0.1) is 0 Å². The summed E-state index contributed by atoms with van der Waals surface area (Å²) in [6.07, 6.45) is 0.763. The number of benzene rings is 1. The molecule has 2 unspecified atom stereocenters. The SMILES string of the molecule is Cc1cccc(C(=O)NCC2=NOC(Cc3ccccc3)(C(=O)NC(CC(C)C)B(O)O)C2)n1. The Morgan fingerprint density at radius 3 is 2.53 bits per heavy atom. The summed E-state index contributed by atoms with van der Waals surface area (Å²) in [5, 5.41) is 29.1. The highest BCUT2D eigenvalue weighted by Crippen LogP contribution is 2.29. The number of hydrogen-bond acceptors (Lipinski definition) is 7. The van der Waals surface area contributed by atoms with Gasteiger partial charge in [-0.2, -0.15) is 0 Å². The molecule has 1 aliphatic rings. The van der Waals surface area contributed by atoms with Crippen molar-refractivity contribution in [1.29, 1.82) is 0 Å². The van der Waals surface area contributed by atoms with E-state index in [1.54, 1.807) is 25.1 Å². The van der Waals surface area contributed by atoms with Crippen molar-refractivity contribution in [2.24, 2.45) is 11.1 Å². The molecule has 0 saturated carbocycles. The Kier molecular flexibility index (Phi) is 8.41. The minimum atomic E-state index is -1.71. The van der Waals surface area contributed by atoms with E-state index in [0.29, 0.717) is 17.8 Å². The second kappa shape index (κ2) is 11.3. The van der Waals surface area contributed by atoms with Gasteiger partial charge in [0.15, 0.2) is 0 Å². The van der Waals surface area contributed by atoms with Crippen molar-refractivity contribution < 1.29 is 24.5 Å². The van der Waals surface area contributed by atoms with E-state index in [2.05, 4.69) is 20.8 Å². The summed E-state index contributed by atoms with van der Waals surface area (Å²) in [6, 6.07) is 14.6. The van der Waals surface area contributed by atoms with Crippen LogP contribution in [0, 0.1) is 12.8 Å². The molecule has 1 aromatic heterocycles. The Morgan fingerprint density at radius 2 is 1.88 bits per heavy atom. The van der Waals surface area contributed by atoms with Crippen LogP contribution in [-0.2, 0) is 16.1 Å². The fourth-order valence-electron chi connectivity index (χ4n) is 3.87. The molecule has 1 aliphatic heterocycles. The summed E-state index contributed by atoms with van der Waals surface area (Å²) in [4.78, 5) is 35.8. The fourth-order valence-corrected chi connectivity index (χ4v) is 3.87. The molecule has 34 heavy (non-hydrogen) atoms. The first-order chi connectivity index (χ1) is 16.2. The van der Waals surface area contributed by atoms with E-state index in [-0.39, 0.29) is 31.2 Å². The number of hydrogen-bond donors (Lipinski definition) is 4. The average Bonchev–Trinajstić information content (AvgIpc) is 3.21. The summed E-state index contributed by atoms with van der Waals surface area (Å²) < 4.78 is 0. The second-order valence-electron chi connectivity index (χ2n) is 9.05. The summed E-state index contributed by atoms with van der Waals surface area (Å²) in [6.45, 7) is 5.76. The maximum Gasteiger partial charge on any atom is 0.475 e. The Bertz CT molecular complexity index is 1030. The molecule has 2 atom stereocenters. The van der Waals surface area contributed by atoms with Gasteiger partial charge in [-0.1, -0.05) is 55.4 Å². The summed E-state index contributed by atoms with van der Waals surface area (Å²) in [5.74, 6) is -1.55. The highest BCUT2D eigenvalue weighted by Gasteiger charge is 2.48. The smallest absolute Gasteiger partial charge is 0.426 e. The standard InChI is InChI=1S/C24H31BN4O5/c1-16(2)12-21(25(32)33)28-23(31)24(13-18-9-5-4-6-10-18)14-19(29-34-24)15-26-22(30)20-11-7-8-17(3)27-20/h4-11,16,21,32-33H,12-15H2,1-3H3,(H,26,30)(H,28,31). The summed E-state index contributed by atoms with van der Waals surface area (Å²) in [7, 11) is -1.71. The van der Waals surface area contributed by atoms with Crippen LogP contribution in [0.15, 0.2) is 53.7 Å². The van der Waals surface area contributed by atoms with Crippen LogP contribution < -0.4 is 10.6 Å². The number of nitrogens with one attached hydrogen (secondary N) is 2. The van der Waals surface area contributed by atoms with Gasteiger partial charge in [0.25, 0.3) is 11.8 Å². The fraction of sp³-hybridized carbons (Fsp3) is 0.417. The van der Waals surface area contributed by atoms with Crippen LogP contribution in [0.4, 0.5) is 0 Å². The Balaban J connectivity index is 1.72. The number of nitrogens with zero attached hydrogens (tertiary/aromatic N) is 2. The van der Waals surface area contributed by atoms with Crippen LogP contribution in [0.1, 0.15) is 48.4 Å². The highest BCUT2D eigenvalue weighted by atomic mass is 16.7. The number of rotatable bonds is 10. The monoisotopic (exact) mass is 466 g/mol. The van der Waals surface area contributed by atoms with Gasteiger partial charge >= 0.3 is 7.12 Å². The molecule has 0 bridgehead atoms. The van der Waals surface area contributed by atoms with Crippen LogP contribution in [0.25, 0.3) is 0 Å². The van der Waals surface area contributed by atoms with E-state index in [0.717, 1.165) is 11.3 Å². The lowest BCUT2D eigenvalue weighted by atomic mass is 9.74. The first-order valence-electron chi connectivity index (χ1n) is 11.4. The van der Waals surface area contributed by atoms with Crippen LogP contribution in [0.3, 0.4) is 0 Å². The van der Waals surface area contributed by atoms with E-state index < -0.39 is 24.6 Å². The van der Waals surface area contributed by atoms with Gasteiger partial charge < -0.3 is 25.5 Å². The van der Waals surface area contributed by atoms with E-state index >= 15 is 0 Å². The molecule has 0 aliphatic carbocycles. The Morgan fingerprint density at radius 1 is 1.15 bits per heavy atom.